The van der Waals surface area contributed by atoms with Crippen molar-refractivity contribution < 1.29 is 4.39 Å². The van der Waals surface area contributed by atoms with Crippen LogP contribution in [0, 0.1) is 5.82 Å². The van der Waals surface area contributed by atoms with Crippen LogP contribution in [0.3, 0.4) is 0 Å². The summed E-state index contributed by atoms with van der Waals surface area (Å²) in [7, 11) is 0. The average molecular weight is 385 g/mol. The Hall–Kier alpha value is -2.70. The molecule has 0 radical (unpaired) electrons. The first-order chi connectivity index (χ1) is 13.1. The van der Waals surface area contributed by atoms with E-state index in [-0.39, 0.29) is 19.3 Å². The molecule has 0 amide bonds. The number of hydrogen-bond donors (Lipinski definition) is 2. The molecule has 3 aromatic rings. The van der Waals surface area contributed by atoms with E-state index in [9.17, 15) is 4.39 Å². The highest BCUT2D eigenvalue weighted by Gasteiger charge is 2.19. The predicted molar refractivity (Wildman–Crippen MR) is 113 cm³/mol. The third-order valence-corrected chi connectivity index (χ3v) is 5.01. The largest absolute Gasteiger partial charge is 0.351 e. The van der Waals surface area contributed by atoms with Crippen LogP contribution in [0.15, 0.2) is 30.5 Å². The molecule has 6 nitrogen and oxygen atoms in total. The van der Waals surface area contributed by atoms with Crippen molar-refractivity contribution in [2.24, 2.45) is 0 Å². The van der Waals surface area contributed by atoms with Crippen molar-refractivity contribution in [1.82, 2.24) is 19.5 Å². The molecule has 7 heteroatoms. The minimum Gasteiger partial charge on any atom is -0.351 e. The molecule has 0 unspecified atom stereocenters. The van der Waals surface area contributed by atoms with E-state index in [1.165, 1.54) is 25.3 Å². The monoisotopic (exact) mass is 384 g/mol. The molecule has 1 fully saturated rings. The van der Waals surface area contributed by atoms with E-state index in [0.717, 1.165) is 18.5 Å². The lowest BCUT2D eigenvalue weighted by molar-refractivity contribution is 0.461. The van der Waals surface area contributed by atoms with Crippen LogP contribution in [0.25, 0.3) is 11.2 Å². The minimum absolute atomic E-state index is 0. The van der Waals surface area contributed by atoms with Crippen LogP contribution in [-0.2, 0) is 0 Å². The SMILES string of the molecule is C.CC(C)n1c(Nc2ccccc2F)nc2cnc(NC3CCCCC3)nc21. The molecular formula is C21H29FN6. The summed E-state index contributed by atoms with van der Waals surface area (Å²) in [5, 5.41) is 6.56. The van der Waals surface area contributed by atoms with E-state index in [4.69, 9.17) is 4.98 Å². The Morgan fingerprint density at radius 2 is 1.86 bits per heavy atom. The standard InChI is InChI=1S/C20H25FN6.CH4/c1-13(2)27-18-17(25-20(27)24-16-11-7-6-10-15(16)21)12-22-19(26-18)23-14-8-4-3-5-9-14;/h6-7,10-14H,3-5,8-9H2,1-2H3,(H,24,25)(H,22,23,26);1H4. The molecule has 2 heterocycles. The van der Waals surface area contributed by atoms with Crippen LogP contribution in [0.2, 0.25) is 0 Å². The molecule has 4 rings (SSSR count). The first-order valence-corrected chi connectivity index (χ1v) is 9.65. The van der Waals surface area contributed by atoms with Gasteiger partial charge in [0.2, 0.25) is 11.9 Å². The zero-order valence-electron chi connectivity index (χ0n) is 15.7. The van der Waals surface area contributed by atoms with E-state index in [1.807, 2.05) is 4.57 Å². The maximum atomic E-state index is 14.1. The maximum Gasteiger partial charge on any atom is 0.224 e. The minimum atomic E-state index is -0.314. The number of para-hydroxylation sites is 1. The highest BCUT2D eigenvalue weighted by molar-refractivity contribution is 5.76. The molecule has 2 N–H and O–H groups in total. The lowest BCUT2D eigenvalue weighted by Gasteiger charge is -2.22. The number of nitrogens with one attached hydrogen (secondary N) is 2. The summed E-state index contributed by atoms with van der Waals surface area (Å²) in [6.45, 7) is 4.12. The van der Waals surface area contributed by atoms with Crippen LogP contribution in [0.5, 0.6) is 0 Å². The Kier molecular flexibility index (Phi) is 6.11. The molecule has 2 aromatic heterocycles. The van der Waals surface area contributed by atoms with Gasteiger partial charge in [-0.25, -0.2) is 14.4 Å². The van der Waals surface area contributed by atoms with Gasteiger partial charge in [0.25, 0.3) is 0 Å². The number of rotatable bonds is 5. The Morgan fingerprint density at radius 1 is 1.11 bits per heavy atom. The lowest BCUT2D eigenvalue weighted by Crippen LogP contribution is -2.23. The normalized spacial score (nSPS) is 14.9. The third-order valence-electron chi connectivity index (χ3n) is 5.01. The molecule has 1 aliphatic rings. The molecule has 0 aliphatic heterocycles. The van der Waals surface area contributed by atoms with Crippen LogP contribution in [0.4, 0.5) is 22.0 Å². The van der Waals surface area contributed by atoms with E-state index >= 15 is 0 Å². The fraction of sp³-hybridized carbons (Fsp3) is 0.476. The summed E-state index contributed by atoms with van der Waals surface area (Å²) < 4.78 is 16.0. The van der Waals surface area contributed by atoms with Crippen molar-refractivity contribution in [2.75, 3.05) is 10.6 Å². The van der Waals surface area contributed by atoms with Gasteiger partial charge in [0.05, 0.1) is 11.9 Å². The van der Waals surface area contributed by atoms with Gasteiger partial charge in [-0.2, -0.15) is 4.98 Å². The summed E-state index contributed by atoms with van der Waals surface area (Å²) in [6, 6.07) is 7.13. The fourth-order valence-corrected chi connectivity index (χ4v) is 3.65. The van der Waals surface area contributed by atoms with Gasteiger partial charge < -0.3 is 10.6 Å². The number of fused-ring (bicyclic) bond motifs is 1. The molecule has 0 atom stereocenters. The van der Waals surface area contributed by atoms with Gasteiger partial charge in [-0.1, -0.05) is 38.8 Å². The van der Waals surface area contributed by atoms with Gasteiger partial charge in [0.1, 0.15) is 11.3 Å². The molecular weight excluding hydrogens is 355 g/mol. The predicted octanol–water partition coefficient (Wildman–Crippen LogP) is 5.67. The third kappa shape index (κ3) is 4.08. The summed E-state index contributed by atoms with van der Waals surface area (Å²) in [5.74, 6) is 0.883. The van der Waals surface area contributed by atoms with Crippen LogP contribution in [0.1, 0.15) is 59.4 Å². The molecule has 1 aliphatic carbocycles. The average Bonchev–Trinajstić information content (AvgIpc) is 3.02. The second-order valence-electron chi connectivity index (χ2n) is 7.39. The van der Waals surface area contributed by atoms with Crippen molar-refractivity contribution in [2.45, 2.75) is 65.5 Å². The number of imidazole rings is 1. The molecule has 0 spiro atoms. The van der Waals surface area contributed by atoms with Crippen molar-refractivity contribution in [3.63, 3.8) is 0 Å². The number of anilines is 3. The Morgan fingerprint density at radius 3 is 2.57 bits per heavy atom. The second kappa shape index (κ2) is 8.54. The second-order valence-corrected chi connectivity index (χ2v) is 7.39. The Balaban J connectivity index is 0.00000225. The fourth-order valence-electron chi connectivity index (χ4n) is 3.65. The van der Waals surface area contributed by atoms with Gasteiger partial charge >= 0.3 is 0 Å². The number of benzene rings is 1. The smallest absolute Gasteiger partial charge is 0.224 e. The number of nitrogens with zero attached hydrogens (tertiary/aromatic N) is 4. The van der Waals surface area contributed by atoms with E-state index < -0.39 is 0 Å². The zero-order valence-corrected chi connectivity index (χ0v) is 15.7. The first kappa shape index (κ1) is 20.0. The lowest BCUT2D eigenvalue weighted by atomic mass is 9.96. The Bertz CT molecular complexity index is 930. The van der Waals surface area contributed by atoms with E-state index in [2.05, 4.69) is 34.4 Å². The quantitative estimate of drug-likeness (QED) is 0.593. The van der Waals surface area contributed by atoms with Crippen molar-refractivity contribution in [1.29, 1.82) is 0 Å². The number of hydrogen-bond acceptors (Lipinski definition) is 5. The zero-order chi connectivity index (χ0) is 18.8. The van der Waals surface area contributed by atoms with Crippen LogP contribution < -0.4 is 10.6 Å². The molecule has 28 heavy (non-hydrogen) atoms. The highest BCUT2D eigenvalue weighted by atomic mass is 19.1. The topological polar surface area (TPSA) is 67.7 Å². The van der Waals surface area contributed by atoms with Crippen LogP contribution >= 0.6 is 0 Å². The molecule has 1 saturated carbocycles. The first-order valence-electron chi connectivity index (χ1n) is 9.65. The number of aromatic nitrogens is 4. The van der Waals surface area contributed by atoms with Crippen molar-refractivity contribution >= 4 is 28.7 Å². The van der Waals surface area contributed by atoms with Crippen molar-refractivity contribution in [3.8, 4) is 0 Å². The molecule has 0 bridgehead atoms. The van der Waals surface area contributed by atoms with E-state index in [1.54, 1.807) is 24.4 Å². The molecule has 0 saturated heterocycles. The molecule has 150 valence electrons. The van der Waals surface area contributed by atoms with Gasteiger partial charge in [-0.3, -0.25) is 4.57 Å². The van der Waals surface area contributed by atoms with Crippen molar-refractivity contribution in [3.05, 3.63) is 36.3 Å². The number of halogens is 1. The Labute approximate surface area is 165 Å². The highest BCUT2D eigenvalue weighted by Crippen LogP contribution is 2.27. The van der Waals surface area contributed by atoms with Gasteiger partial charge in [0, 0.05) is 12.1 Å². The van der Waals surface area contributed by atoms with Gasteiger partial charge in [-0.05, 0) is 38.8 Å². The summed E-state index contributed by atoms with van der Waals surface area (Å²) in [6.07, 6.45) is 7.86. The summed E-state index contributed by atoms with van der Waals surface area (Å²) >= 11 is 0. The maximum absolute atomic E-state index is 14.1. The summed E-state index contributed by atoms with van der Waals surface area (Å²) in [4.78, 5) is 13.7. The van der Waals surface area contributed by atoms with Crippen LogP contribution in [-0.4, -0.2) is 25.6 Å². The summed E-state index contributed by atoms with van der Waals surface area (Å²) in [5.41, 5.74) is 1.83. The van der Waals surface area contributed by atoms with Gasteiger partial charge in [-0.15, -0.1) is 0 Å². The van der Waals surface area contributed by atoms with Gasteiger partial charge in [0.15, 0.2) is 5.65 Å². The van der Waals surface area contributed by atoms with E-state index in [0.29, 0.717) is 29.1 Å². The molecule has 1 aromatic carbocycles.